The molecule has 0 bridgehead atoms. The molecule has 222 valence electrons. The number of aliphatic carboxylic acids is 1. The molecule has 0 radical (unpaired) electrons. The van der Waals surface area contributed by atoms with Crippen LogP contribution < -0.4 is 15.2 Å². The lowest BCUT2D eigenvalue weighted by molar-refractivity contribution is -0.136. The van der Waals surface area contributed by atoms with E-state index in [0.29, 0.717) is 43.2 Å². The van der Waals surface area contributed by atoms with Gasteiger partial charge in [-0.3, -0.25) is 14.5 Å². The molecule has 1 aliphatic heterocycles. The number of aromatic amines is 1. The zero-order valence-electron chi connectivity index (χ0n) is 23.7. The number of piperidine rings is 1. The second-order valence-electron chi connectivity index (χ2n) is 10.1. The number of nitrogens with one attached hydrogen (secondary N) is 1. The summed E-state index contributed by atoms with van der Waals surface area (Å²) in [6, 6.07) is 19.0. The van der Waals surface area contributed by atoms with Crippen LogP contribution in [0.1, 0.15) is 40.9 Å². The number of alkyl halides is 2. The lowest BCUT2D eigenvalue weighted by Gasteiger charge is -2.32. The number of hydrogen-bond donors (Lipinski definition) is 3. The number of carbonyl (C=O) groups is 2. The molecular weight excluding hydrogens is 544 g/mol. The van der Waals surface area contributed by atoms with Crippen molar-refractivity contribution in [2.45, 2.75) is 38.2 Å². The van der Waals surface area contributed by atoms with E-state index < -0.39 is 17.8 Å². The van der Waals surface area contributed by atoms with E-state index in [9.17, 15) is 18.4 Å². The van der Waals surface area contributed by atoms with Gasteiger partial charge < -0.3 is 25.3 Å². The lowest BCUT2D eigenvalue weighted by atomic mass is 9.92. The van der Waals surface area contributed by atoms with Crippen LogP contribution in [-0.2, 0) is 17.8 Å². The normalized spacial score (nSPS) is 14.6. The Hall–Kier alpha value is -4.44. The van der Waals surface area contributed by atoms with E-state index in [1.807, 2.05) is 53.4 Å². The first kappa shape index (κ1) is 30.5. The Labute approximate surface area is 243 Å². The fourth-order valence-electron chi connectivity index (χ4n) is 5.21. The number of likely N-dealkylation sites (tertiary alicyclic amines) is 1. The van der Waals surface area contributed by atoms with Crippen LogP contribution >= 0.6 is 0 Å². The van der Waals surface area contributed by atoms with Crippen molar-refractivity contribution in [2.24, 2.45) is 5.73 Å². The molecule has 1 aromatic heterocycles. The van der Waals surface area contributed by atoms with Gasteiger partial charge in [0.1, 0.15) is 17.2 Å². The van der Waals surface area contributed by atoms with Gasteiger partial charge in [0.15, 0.2) is 0 Å². The topological polar surface area (TPSA) is 118 Å². The second-order valence-corrected chi connectivity index (χ2v) is 10.1. The molecule has 0 aliphatic carbocycles. The standard InChI is InChI=1S/C27H29F2NO4.C5H6N2O/c1-33-23-11-9-19(17-30-15-13-27(28,29)14-16-30)26(34-2)25(23)22-8-4-6-20-18(10-12-24(31)32)5-3-7-21(20)22;6-5(8)4-2-1-3-7-4/h3-9,11H,10,12-17H2,1-2H3,(H,31,32);1-3,7H,(H2,6,8). The minimum Gasteiger partial charge on any atom is -0.496 e. The third-order valence-electron chi connectivity index (χ3n) is 7.36. The Balaban J connectivity index is 0.000000437. The molecule has 0 unspecified atom stereocenters. The zero-order chi connectivity index (χ0) is 30.3. The Morgan fingerprint density at radius 1 is 0.952 bits per heavy atom. The molecule has 0 spiro atoms. The van der Waals surface area contributed by atoms with Crippen molar-refractivity contribution < 1.29 is 33.0 Å². The number of carbonyl (C=O) groups excluding carboxylic acids is 1. The van der Waals surface area contributed by atoms with Crippen LogP contribution in [0.4, 0.5) is 8.78 Å². The van der Waals surface area contributed by atoms with Gasteiger partial charge >= 0.3 is 5.97 Å². The average Bonchev–Trinajstić information content (AvgIpc) is 3.53. The van der Waals surface area contributed by atoms with Gasteiger partial charge in [0.2, 0.25) is 0 Å². The van der Waals surface area contributed by atoms with E-state index in [2.05, 4.69) is 4.98 Å². The number of aryl methyl sites for hydroxylation is 1. The van der Waals surface area contributed by atoms with Gasteiger partial charge in [0.25, 0.3) is 11.8 Å². The van der Waals surface area contributed by atoms with E-state index in [1.165, 1.54) is 0 Å². The number of methoxy groups -OCH3 is 2. The Morgan fingerprint density at radius 3 is 2.26 bits per heavy atom. The van der Waals surface area contributed by atoms with Crippen molar-refractivity contribution >= 4 is 22.6 Å². The van der Waals surface area contributed by atoms with Crippen molar-refractivity contribution in [3.63, 3.8) is 0 Å². The van der Waals surface area contributed by atoms with Gasteiger partial charge in [-0.25, -0.2) is 8.78 Å². The van der Waals surface area contributed by atoms with Crippen LogP contribution in [0.15, 0.2) is 66.9 Å². The highest BCUT2D eigenvalue weighted by atomic mass is 19.3. The number of carboxylic acid groups (broad SMARTS) is 1. The van der Waals surface area contributed by atoms with Gasteiger partial charge in [-0.2, -0.15) is 0 Å². The van der Waals surface area contributed by atoms with Crippen LogP contribution in [0.3, 0.4) is 0 Å². The molecule has 0 saturated carbocycles. The quantitative estimate of drug-likeness (QED) is 0.228. The van der Waals surface area contributed by atoms with Crippen molar-refractivity contribution in [3.8, 4) is 22.6 Å². The molecule has 0 atom stereocenters. The predicted molar refractivity (Wildman–Crippen MR) is 157 cm³/mol. The van der Waals surface area contributed by atoms with Crippen LogP contribution in [0.25, 0.3) is 21.9 Å². The van der Waals surface area contributed by atoms with E-state index in [-0.39, 0.29) is 19.3 Å². The molecule has 1 saturated heterocycles. The monoisotopic (exact) mass is 579 g/mol. The van der Waals surface area contributed by atoms with Gasteiger partial charge in [-0.05, 0) is 46.5 Å². The minimum absolute atomic E-state index is 0.0559. The van der Waals surface area contributed by atoms with Crippen molar-refractivity contribution in [1.82, 2.24) is 9.88 Å². The molecule has 3 aromatic carbocycles. The molecule has 8 nitrogen and oxygen atoms in total. The molecule has 4 aromatic rings. The molecule has 1 fully saturated rings. The van der Waals surface area contributed by atoms with Gasteiger partial charge in [-0.1, -0.05) is 42.5 Å². The Bertz CT molecular complexity index is 1530. The van der Waals surface area contributed by atoms with Crippen molar-refractivity contribution in [3.05, 3.63) is 83.7 Å². The van der Waals surface area contributed by atoms with E-state index in [4.69, 9.17) is 20.3 Å². The van der Waals surface area contributed by atoms with Gasteiger partial charge in [0, 0.05) is 50.7 Å². The maximum atomic E-state index is 13.6. The van der Waals surface area contributed by atoms with Crippen molar-refractivity contribution in [2.75, 3.05) is 27.3 Å². The highest BCUT2D eigenvalue weighted by Gasteiger charge is 2.34. The summed E-state index contributed by atoms with van der Waals surface area (Å²) < 4.78 is 38.8. The number of hydrogen-bond acceptors (Lipinski definition) is 5. The number of fused-ring (bicyclic) bond motifs is 1. The first-order chi connectivity index (χ1) is 20.1. The zero-order valence-corrected chi connectivity index (χ0v) is 23.7. The number of aromatic nitrogens is 1. The lowest BCUT2D eigenvalue weighted by Crippen LogP contribution is -2.38. The molecule has 1 aliphatic rings. The minimum atomic E-state index is -2.59. The van der Waals surface area contributed by atoms with Crippen LogP contribution in [0, 0.1) is 0 Å². The van der Waals surface area contributed by atoms with Gasteiger partial charge in [0.05, 0.1) is 19.8 Å². The number of ether oxygens (including phenoxy) is 2. The van der Waals surface area contributed by atoms with Crippen LogP contribution in [0.2, 0.25) is 0 Å². The summed E-state index contributed by atoms with van der Waals surface area (Å²) in [4.78, 5) is 26.1. The van der Waals surface area contributed by atoms with Crippen LogP contribution in [-0.4, -0.2) is 60.1 Å². The summed E-state index contributed by atoms with van der Waals surface area (Å²) in [7, 11) is 3.21. The summed E-state index contributed by atoms with van der Waals surface area (Å²) in [5.74, 6) is -2.54. The molecule has 2 heterocycles. The number of benzene rings is 3. The van der Waals surface area contributed by atoms with Crippen molar-refractivity contribution in [1.29, 1.82) is 0 Å². The van der Waals surface area contributed by atoms with E-state index in [0.717, 1.165) is 33.0 Å². The predicted octanol–water partition coefficient (Wildman–Crippen LogP) is 5.89. The van der Waals surface area contributed by atoms with Crippen LogP contribution in [0.5, 0.6) is 11.5 Å². The van der Waals surface area contributed by atoms with E-state index in [1.54, 1.807) is 32.5 Å². The number of H-pyrrole nitrogens is 1. The largest absolute Gasteiger partial charge is 0.496 e. The molecule has 1 amide bonds. The number of rotatable bonds is 9. The number of nitrogens with zero attached hydrogens (tertiary/aromatic N) is 1. The number of nitrogens with two attached hydrogens (primary N) is 1. The molecular formula is C32H35F2N3O5. The Morgan fingerprint density at radius 2 is 1.67 bits per heavy atom. The first-order valence-electron chi connectivity index (χ1n) is 13.6. The molecule has 10 heteroatoms. The number of primary amides is 1. The summed E-state index contributed by atoms with van der Waals surface area (Å²) in [6.45, 7) is 1.17. The Kier molecular flexibility index (Phi) is 9.80. The average molecular weight is 580 g/mol. The fourth-order valence-corrected chi connectivity index (χ4v) is 5.21. The third-order valence-corrected chi connectivity index (χ3v) is 7.36. The maximum Gasteiger partial charge on any atom is 0.303 e. The second kappa shape index (κ2) is 13.5. The van der Waals surface area contributed by atoms with Gasteiger partial charge in [-0.15, -0.1) is 0 Å². The molecule has 42 heavy (non-hydrogen) atoms. The maximum absolute atomic E-state index is 13.6. The summed E-state index contributed by atoms with van der Waals surface area (Å²) in [5.41, 5.74) is 8.91. The number of amides is 1. The number of carboxylic acids is 1. The highest BCUT2D eigenvalue weighted by molar-refractivity contribution is 6.01. The summed E-state index contributed by atoms with van der Waals surface area (Å²) >= 11 is 0. The summed E-state index contributed by atoms with van der Waals surface area (Å²) in [5, 5.41) is 11.1. The molecule has 5 rings (SSSR count). The summed E-state index contributed by atoms with van der Waals surface area (Å²) in [6.07, 6.45) is 1.87. The smallest absolute Gasteiger partial charge is 0.303 e. The highest BCUT2D eigenvalue weighted by Crippen LogP contribution is 2.44. The van der Waals surface area contributed by atoms with E-state index >= 15 is 0 Å². The third kappa shape index (κ3) is 7.25. The SMILES string of the molecule is COc1ccc(CN2CCC(F)(F)CC2)c(OC)c1-c1cccc2c(CCC(=O)O)cccc12.NC(=O)c1ccc[nH]1. The molecule has 4 N–H and O–H groups in total. The fraction of sp³-hybridized carbons (Fsp3) is 0.312. The first-order valence-corrected chi connectivity index (χ1v) is 13.6. The number of halogens is 2.